The summed E-state index contributed by atoms with van der Waals surface area (Å²) in [5.74, 6) is -43.6. The summed E-state index contributed by atoms with van der Waals surface area (Å²) in [6, 6.07) is 0. The van der Waals surface area contributed by atoms with E-state index in [1.54, 1.807) is 0 Å². The molecule has 0 rings (SSSR count). The number of rotatable bonds is 6. The molecule has 0 bridgehead atoms. The van der Waals surface area contributed by atoms with Gasteiger partial charge in [0.2, 0.25) is 0 Å². The van der Waals surface area contributed by atoms with E-state index in [1.807, 2.05) is 0 Å². The molecule has 0 saturated carbocycles. The van der Waals surface area contributed by atoms with E-state index in [-0.39, 0.29) is 0 Å². The number of halogens is 17. The Hall–Kier alpha value is -1.28. The second-order valence-corrected chi connectivity index (χ2v) is 6.45. The van der Waals surface area contributed by atoms with Gasteiger partial charge in [0.15, 0.2) is 0 Å². The summed E-state index contributed by atoms with van der Waals surface area (Å²) in [6.07, 6.45) is -15.9. The van der Waals surface area contributed by atoms with Crippen LogP contribution in [0.5, 0.6) is 0 Å². The van der Waals surface area contributed by atoms with Crippen LogP contribution in [0.4, 0.5) is 74.6 Å². The molecule has 0 aliphatic rings. The van der Waals surface area contributed by atoms with Crippen LogP contribution in [-0.4, -0.2) is 59.9 Å². The van der Waals surface area contributed by atoms with E-state index in [4.69, 9.17) is 4.55 Å². The molecule has 0 amide bonds. The van der Waals surface area contributed by atoms with Crippen molar-refractivity contribution < 1.29 is 87.6 Å². The van der Waals surface area contributed by atoms with Gasteiger partial charge in [0, 0.05) is 0 Å². The first-order valence-electron chi connectivity index (χ1n) is 5.68. The topological polar surface area (TPSA) is 54.4 Å². The lowest BCUT2D eigenvalue weighted by atomic mass is 9.91. The highest BCUT2D eigenvalue weighted by atomic mass is 32.2. The predicted molar refractivity (Wildman–Crippen MR) is 52.2 cm³/mol. The Balaban J connectivity index is 7.12. The third-order valence-electron chi connectivity index (χ3n) is 3.06. The molecular formula is C8HF17O3S. The molecule has 0 radical (unpaired) electrons. The highest BCUT2D eigenvalue weighted by molar-refractivity contribution is 7.87. The molecule has 29 heavy (non-hydrogen) atoms. The van der Waals surface area contributed by atoms with Crippen molar-refractivity contribution in [3.05, 3.63) is 0 Å². The summed E-state index contributed by atoms with van der Waals surface area (Å²) < 4.78 is 243. The predicted octanol–water partition coefficient (Wildman–Crippen LogP) is 4.84. The van der Waals surface area contributed by atoms with Crippen molar-refractivity contribution in [1.82, 2.24) is 0 Å². The van der Waals surface area contributed by atoms with Gasteiger partial charge in [0.25, 0.3) is 0 Å². The van der Waals surface area contributed by atoms with Gasteiger partial charge in [-0.25, -0.2) is 4.39 Å². The summed E-state index contributed by atoms with van der Waals surface area (Å²) in [5, 5.41) is -8.26. The number of hydrogen-bond donors (Lipinski definition) is 1. The van der Waals surface area contributed by atoms with E-state index < -0.39 is 57.1 Å². The maximum absolute atomic E-state index is 13.3. The van der Waals surface area contributed by atoms with Gasteiger partial charge in [0.1, 0.15) is 0 Å². The van der Waals surface area contributed by atoms with Gasteiger partial charge in [-0.2, -0.15) is 78.7 Å². The van der Waals surface area contributed by atoms with Crippen molar-refractivity contribution in [2.75, 3.05) is 0 Å². The van der Waals surface area contributed by atoms with E-state index >= 15 is 0 Å². The quantitative estimate of drug-likeness (QED) is 0.420. The van der Waals surface area contributed by atoms with Gasteiger partial charge in [-0.1, -0.05) is 0 Å². The van der Waals surface area contributed by atoms with Crippen LogP contribution in [0.15, 0.2) is 0 Å². The Morgan fingerprint density at radius 1 is 0.414 bits per heavy atom. The van der Waals surface area contributed by atoms with Crippen LogP contribution < -0.4 is 0 Å². The van der Waals surface area contributed by atoms with Crippen LogP contribution >= 0.6 is 0 Å². The maximum atomic E-state index is 13.3. The zero-order valence-corrected chi connectivity index (χ0v) is 12.9. The molecule has 176 valence electrons. The largest absolute Gasteiger partial charge is 0.460 e. The van der Waals surface area contributed by atoms with E-state index in [0.717, 1.165) is 0 Å². The van der Waals surface area contributed by atoms with Crippen molar-refractivity contribution in [1.29, 1.82) is 0 Å². The Labute approximate surface area is 146 Å². The van der Waals surface area contributed by atoms with Crippen molar-refractivity contribution in [2.24, 2.45) is 0 Å². The van der Waals surface area contributed by atoms with Crippen molar-refractivity contribution >= 4 is 10.1 Å². The lowest BCUT2D eigenvalue weighted by Crippen LogP contribution is -2.76. The Kier molecular flexibility index (Phi) is 6.08. The Morgan fingerprint density at radius 2 is 0.655 bits per heavy atom. The Morgan fingerprint density at radius 3 is 0.862 bits per heavy atom. The fourth-order valence-electron chi connectivity index (χ4n) is 1.46. The van der Waals surface area contributed by atoms with Gasteiger partial charge >= 0.3 is 57.1 Å². The van der Waals surface area contributed by atoms with Gasteiger partial charge in [0.05, 0.1) is 0 Å². The highest BCUT2D eigenvalue weighted by Crippen LogP contribution is 2.64. The van der Waals surface area contributed by atoms with E-state index in [0.29, 0.717) is 0 Å². The van der Waals surface area contributed by atoms with E-state index in [2.05, 4.69) is 0 Å². The standard InChI is InChI=1S/C8HF17O3S/c9-1(10,3(13,14)5(17,18)7(20,21)22)2(11,12)4(15,16)6(19,8(23,24)25)29(26,27)28/h(H,26,27,28)/t6-/m0/s1. The van der Waals surface area contributed by atoms with E-state index in [1.165, 1.54) is 0 Å². The number of hydrogen-bond acceptors (Lipinski definition) is 2. The second-order valence-electron chi connectivity index (χ2n) is 4.94. The first kappa shape index (κ1) is 27.7. The summed E-state index contributed by atoms with van der Waals surface area (Å²) in [7, 11) is -8.34. The van der Waals surface area contributed by atoms with Crippen LogP contribution in [0.1, 0.15) is 0 Å². The lowest BCUT2D eigenvalue weighted by Gasteiger charge is -2.42. The minimum absolute atomic E-state index is 7.83. The molecule has 0 aliphatic heterocycles. The fraction of sp³-hybridized carbons (Fsp3) is 1.00. The average Bonchev–Trinajstić information content (AvgIpc) is 2.41. The zero-order chi connectivity index (χ0) is 24.5. The minimum Gasteiger partial charge on any atom is -0.283 e. The van der Waals surface area contributed by atoms with Crippen LogP contribution in [0, 0.1) is 0 Å². The molecule has 0 spiro atoms. The average molecular weight is 500 g/mol. The molecule has 0 unspecified atom stereocenters. The van der Waals surface area contributed by atoms with Crippen LogP contribution in [-0.2, 0) is 10.1 Å². The molecule has 0 aromatic carbocycles. The molecular weight excluding hydrogens is 499 g/mol. The van der Waals surface area contributed by atoms with Crippen molar-refractivity contribution in [3.8, 4) is 0 Å². The third-order valence-corrected chi connectivity index (χ3v) is 4.26. The highest BCUT2D eigenvalue weighted by Gasteiger charge is 2.97. The molecule has 0 aliphatic carbocycles. The first-order chi connectivity index (χ1) is 12.0. The number of alkyl halides is 17. The SMILES string of the molecule is O=S(=O)(O)[C@](F)(C(F)(F)F)C(F)(F)C(F)(F)C(F)(F)C(F)(F)C(F)(F)C(F)(F)F. The van der Waals surface area contributed by atoms with Crippen LogP contribution in [0.2, 0.25) is 0 Å². The summed E-state index contributed by atoms with van der Waals surface area (Å²) in [4.78, 5) is 0. The molecule has 0 saturated heterocycles. The summed E-state index contributed by atoms with van der Waals surface area (Å²) >= 11 is 0. The molecule has 0 fully saturated rings. The molecule has 0 aromatic heterocycles. The minimum atomic E-state index is -8.93. The fourth-order valence-corrected chi connectivity index (χ4v) is 2.20. The molecule has 0 aromatic rings. The Bertz CT molecular complexity index is 731. The van der Waals surface area contributed by atoms with E-state index in [9.17, 15) is 83.1 Å². The third kappa shape index (κ3) is 3.26. The molecule has 0 heterocycles. The van der Waals surface area contributed by atoms with Gasteiger partial charge < -0.3 is 0 Å². The summed E-state index contributed by atoms with van der Waals surface area (Å²) in [6.45, 7) is 0. The van der Waals surface area contributed by atoms with Gasteiger partial charge in [-0.05, 0) is 0 Å². The molecule has 3 nitrogen and oxygen atoms in total. The maximum Gasteiger partial charge on any atom is 0.460 e. The lowest BCUT2D eigenvalue weighted by molar-refractivity contribution is -0.450. The summed E-state index contributed by atoms with van der Waals surface area (Å²) in [5.41, 5.74) is 0. The van der Waals surface area contributed by atoms with Crippen LogP contribution in [0.25, 0.3) is 0 Å². The van der Waals surface area contributed by atoms with Crippen molar-refractivity contribution in [3.63, 3.8) is 0 Å². The first-order valence-corrected chi connectivity index (χ1v) is 7.12. The molecule has 1 atom stereocenters. The van der Waals surface area contributed by atoms with Gasteiger partial charge in [-0.15, -0.1) is 0 Å². The monoisotopic (exact) mass is 500 g/mol. The normalized spacial score (nSPS) is 18.6. The molecule has 1 N–H and O–H groups in total. The van der Waals surface area contributed by atoms with Gasteiger partial charge in [-0.3, -0.25) is 4.55 Å². The van der Waals surface area contributed by atoms with Crippen molar-refractivity contribution in [2.45, 2.75) is 47.0 Å². The molecule has 21 heteroatoms. The smallest absolute Gasteiger partial charge is 0.283 e. The zero-order valence-electron chi connectivity index (χ0n) is 12.1. The van der Waals surface area contributed by atoms with Crippen LogP contribution in [0.3, 0.4) is 0 Å². The second kappa shape index (κ2) is 6.36.